The maximum absolute atomic E-state index is 10.5. The Morgan fingerprint density at radius 3 is 1.19 bits per heavy atom. The maximum Gasteiger partial charge on any atom is 1.00 e. The number of rotatable bonds is 2. The number of hydrogen-bond donors (Lipinski definition) is 0. The first kappa shape index (κ1) is 18.6. The molecule has 0 fully saturated rings. The third-order valence-corrected chi connectivity index (χ3v) is 3.31. The molecule has 0 aliphatic heterocycles. The summed E-state index contributed by atoms with van der Waals surface area (Å²) in [7, 11) is -9.89. The van der Waals surface area contributed by atoms with Crippen molar-refractivity contribution in [1.82, 2.24) is 0 Å². The molecule has 0 N–H and O–H groups in total. The van der Waals surface area contributed by atoms with Crippen LogP contribution in [0.3, 0.4) is 0 Å². The van der Waals surface area contributed by atoms with Crippen LogP contribution >= 0.6 is 0 Å². The van der Waals surface area contributed by atoms with Gasteiger partial charge in [0.1, 0.15) is 20.2 Å². The van der Waals surface area contributed by atoms with Gasteiger partial charge in [0, 0.05) is 0 Å². The van der Waals surface area contributed by atoms with E-state index in [0.717, 1.165) is 24.3 Å². The van der Waals surface area contributed by atoms with E-state index < -0.39 is 30.0 Å². The molecule has 0 spiro atoms. The first-order chi connectivity index (χ1) is 6.23. The molecule has 78 valence electrons. The summed E-state index contributed by atoms with van der Waals surface area (Å²) >= 11 is 0. The molecule has 16 heavy (non-hydrogen) atoms. The Balaban J connectivity index is 0. The smallest absolute Gasteiger partial charge is 0.744 e. The predicted octanol–water partition coefficient (Wildman–Crippen LogP) is -6.50. The molecule has 0 radical (unpaired) electrons. The molecule has 0 aromatic heterocycles. The molecule has 0 bridgehead atoms. The zero-order valence-electron chi connectivity index (χ0n) is 8.58. The molecule has 0 saturated heterocycles. The van der Waals surface area contributed by atoms with Gasteiger partial charge in [-0.3, -0.25) is 0 Å². The van der Waals surface area contributed by atoms with Gasteiger partial charge in [-0.25, -0.2) is 16.8 Å². The van der Waals surface area contributed by atoms with E-state index in [1.807, 2.05) is 0 Å². The van der Waals surface area contributed by atoms with Gasteiger partial charge >= 0.3 is 37.7 Å². The van der Waals surface area contributed by atoms with Crippen molar-refractivity contribution in [2.24, 2.45) is 0 Å². The Morgan fingerprint density at radius 2 is 1.00 bits per heavy atom. The van der Waals surface area contributed by atoms with E-state index in [0.29, 0.717) is 0 Å². The molecule has 0 amide bonds. The summed E-state index contributed by atoms with van der Waals surface area (Å²) in [6, 6.07) is 3.85. The monoisotopic (exact) mass is 250 g/mol. The van der Waals surface area contributed by atoms with Crippen LogP contribution in [-0.4, -0.2) is 25.9 Å². The van der Waals surface area contributed by atoms with Crippen LogP contribution in [0.1, 0.15) is 0 Å². The molecule has 6 nitrogen and oxygen atoms in total. The van der Waals surface area contributed by atoms with Gasteiger partial charge in [-0.15, -0.1) is 0 Å². The zero-order valence-corrected chi connectivity index (χ0v) is 10.2. The van der Waals surface area contributed by atoms with Crippen molar-refractivity contribution >= 4 is 20.2 Å². The van der Waals surface area contributed by atoms with E-state index in [2.05, 4.69) is 0 Å². The largest absolute Gasteiger partial charge is 1.00 e. The topological polar surface area (TPSA) is 114 Å². The van der Waals surface area contributed by atoms with Gasteiger partial charge in [0.2, 0.25) is 0 Å². The third kappa shape index (κ3) is 4.62. The standard InChI is InChI=1S/C6H6O6S2.2Li/c7-13(8,9)5-3-1-2-4-6(5)14(10,11)12;;/h1-4H,(H,7,8,9)(H,10,11,12);;/q;2*+1/p-2. The van der Waals surface area contributed by atoms with E-state index in [-0.39, 0.29) is 37.7 Å². The van der Waals surface area contributed by atoms with Crippen LogP contribution in [0, 0.1) is 0 Å². The molecule has 0 saturated carbocycles. The number of benzene rings is 1. The van der Waals surface area contributed by atoms with Gasteiger partial charge in [-0.1, -0.05) is 12.1 Å². The van der Waals surface area contributed by atoms with Crippen molar-refractivity contribution in [2.75, 3.05) is 0 Å². The SMILES string of the molecule is O=S(=O)([O-])c1ccccc1S(=O)(=O)[O-].[Li+].[Li+]. The van der Waals surface area contributed by atoms with Crippen LogP contribution in [0.5, 0.6) is 0 Å². The zero-order chi connectivity index (χ0) is 11.0. The Kier molecular flexibility index (Phi) is 7.26. The fourth-order valence-electron chi connectivity index (χ4n) is 0.863. The van der Waals surface area contributed by atoms with Gasteiger partial charge in [0.05, 0.1) is 9.79 Å². The second-order valence-corrected chi connectivity index (χ2v) is 5.05. The van der Waals surface area contributed by atoms with Crippen LogP contribution < -0.4 is 37.7 Å². The Labute approximate surface area is 117 Å². The fraction of sp³-hybridized carbons (Fsp3) is 0. The van der Waals surface area contributed by atoms with Gasteiger partial charge in [-0.05, 0) is 12.1 Å². The minimum atomic E-state index is -4.95. The van der Waals surface area contributed by atoms with E-state index in [1.54, 1.807) is 0 Å². The quantitative estimate of drug-likeness (QED) is 0.381. The second-order valence-electron chi connectivity index (χ2n) is 2.35. The molecule has 1 rings (SSSR count). The fourth-order valence-corrected chi connectivity index (χ4v) is 2.59. The molecule has 0 heterocycles. The summed E-state index contributed by atoms with van der Waals surface area (Å²) in [6.07, 6.45) is 0. The molecular weight excluding hydrogens is 246 g/mol. The molecule has 0 aliphatic rings. The van der Waals surface area contributed by atoms with Gasteiger partial charge in [0.25, 0.3) is 0 Å². The van der Waals surface area contributed by atoms with Crippen LogP contribution in [0.2, 0.25) is 0 Å². The first-order valence-corrected chi connectivity index (χ1v) is 6.05. The Hall–Kier alpha value is 0.235. The van der Waals surface area contributed by atoms with E-state index in [4.69, 9.17) is 0 Å². The summed E-state index contributed by atoms with van der Waals surface area (Å²) in [5.41, 5.74) is 0. The minimum Gasteiger partial charge on any atom is -0.744 e. The predicted molar refractivity (Wildman–Crippen MR) is 42.4 cm³/mol. The van der Waals surface area contributed by atoms with Crippen LogP contribution in [0.25, 0.3) is 0 Å². The summed E-state index contributed by atoms with van der Waals surface area (Å²) < 4.78 is 63.2. The average molecular weight is 250 g/mol. The van der Waals surface area contributed by atoms with Crippen molar-refractivity contribution < 1.29 is 63.7 Å². The summed E-state index contributed by atoms with van der Waals surface area (Å²) in [5, 5.41) is 0. The summed E-state index contributed by atoms with van der Waals surface area (Å²) in [6.45, 7) is 0. The van der Waals surface area contributed by atoms with Gasteiger partial charge in [0.15, 0.2) is 0 Å². The van der Waals surface area contributed by atoms with Crippen molar-refractivity contribution in [3.63, 3.8) is 0 Å². The second kappa shape index (κ2) is 6.24. The minimum absolute atomic E-state index is 0. The van der Waals surface area contributed by atoms with E-state index in [9.17, 15) is 25.9 Å². The van der Waals surface area contributed by atoms with E-state index >= 15 is 0 Å². The molecule has 1 aromatic carbocycles. The third-order valence-electron chi connectivity index (χ3n) is 1.39. The Bertz CT molecular complexity index is 499. The summed E-state index contributed by atoms with van der Waals surface area (Å²) in [4.78, 5) is -2.04. The van der Waals surface area contributed by atoms with Crippen molar-refractivity contribution in [3.05, 3.63) is 24.3 Å². The van der Waals surface area contributed by atoms with Crippen molar-refractivity contribution in [3.8, 4) is 0 Å². The van der Waals surface area contributed by atoms with E-state index in [1.165, 1.54) is 0 Å². The summed E-state index contributed by atoms with van der Waals surface area (Å²) in [5.74, 6) is 0. The van der Waals surface area contributed by atoms with Crippen LogP contribution in [0.4, 0.5) is 0 Å². The molecule has 0 unspecified atom stereocenters. The molecule has 1 aromatic rings. The molecule has 0 atom stereocenters. The van der Waals surface area contributed by atoms with Gasteiger partial charge < -0.3 is 9.11 Å². The Morgan fingerprint density at radius 1 is 0.750 bits per heavy atom. The molecule has 10 heteroatoms. The molecular formula is C6H4Li2O6S2. The molecule has 0 aliphatic carbocycles. The average Bonchev–Trinajstić information content (AvgIpc) is 2.01. The van der Waals surface area contributed by atoms with Crippen molar-refractivity contribution in [2.45, 2.75) is 9.79 Å². The van der Waals surface area contributed by atoms with Crippen LogP contribution in [0.15, 0.2) is 34.1 Å². The van der Waals surface area contributed by atoms with Gasteiger partial charge in [-0.2, -0.15) is 0 Å². The first-order valence-electron chi connectivity index (χ1n) is 3.24. The maximum atomic E-state index is 10.5. The van der Waals surface area contributed by atoms with Crippen LogP contribution in [-0.2, 0) is 20.2 Å². The van der Waals surface area contributed by atoms with Crippen molar-refractivity contribution in [1.29, 1.82) is 0 Å². The normalized spacial score (nSPS) is 11.1. The number of hydrogen-bond acceptors (Lipinski definition) is 6.